The van der Waals surface area contributed by atoms with Crippen LogP contribution in [0.25, 0.3) is 0 Å². The fourth-order valence-electron chi connectivity index (χ4n) is 1.69. The summed E-state index contributed by atoms with van der Waals surface area (Å²) in [6.45, 7) is 1.71. The van der Waals surface area contributed by atoms with Gasteiger partial charge in [0.2, 0.25) is 0 Å². The monoisotopic (exact) mass is 258 g/mol. The Balaban J connectivity index is 2.20. The molecule has 18 heavy (non-hydrogen) atoms. The van der Waals surface area contributed by atoms with E-state index < -0.39 is 16.0 Å². The van der Waals surface area contributed by atoms with Gasteiger partial charge >= 0.3 is 0 Å². The lowest BCUT2D eigenvalue weighted by Gasteiger charge is -2.10. The van der Waals surface area contributed by atoms with E-state index in [-0.39, 0.29) is 5.78 Å². The zero-order valence-electron chi connectivity index (χ0n) is 10.1. The predicted octanol–water partition coefficient (Wildman–Crippen LogP) is 3.07. The lowest BCUT2D eigenvalue weighted by molar-refractivity contribution is 0.0992. The molecule has 0 aliphatic rings. The Morgan fingerprint density at radius 1 is 0.944 bits per heavy atom. The molecule has 0 heterocycles. The predicted molar refractivity (Wildman–Crippen MR) is 73.1 cm³/mol. The van der Waals surface area contributed by atoms with Crippen LogP contribution in [0.3, 0.4) is 0 Å². The van der Waals surface area contributed by atoms with E-state index >= 15 is 0 Å². The van der Waals surface area contributed by atoms with Gasteiger partial charge in [-0.15, -0.1) is 0 Å². The molecule has 2 rings (SSSR count). The zero-order chi connectivity index (χ0) is 13.0. The number of carbonyl (C=O) groups is 1. The lowest BCUT2D eigenvalue weighted by Crippen LogP contribution is -2.22. The summed E-state index contributed by atoms with van der Waals surface area (Å²) >= 11 is 0. The molecule has 2 unspecified atom stereocenters. The van der Waals surface area contributed by atoms with E-state index in [1.54, 1.807) is 31.2 Å². The average molecular weight is 258 g/mol. The number of benzene rings is 2. The molecule has 0 N–H and O–H groups in total. The van der Waals surface area contributed by atoms with Crippen LogP contribution in [0.4, 0.5) is 0 Å². The number of carbonyl (C=O) groups excluding carboxylic acids is 1. The van der Waals surface area contributed by atoms with Crippen molar-refractivity contribution < 1.29 is 9.00 Å². The summed E-state index contributed by atoms with van der Waals surface area (Å²) in [5.74, 6) is -0.0854. The second-order valence-corrected chi connectivity index (χ2v) is 5.76. The van der Waals surface area contributed by atoms with Gasteiger partial charge in [-0.25, -0.2) is 0 Å². The average Bonchev–Trinajstić information content (AvgIpc) is 2.47. The normalized spacial score (nSPS) is 13.8. The van der Waals surface area contributed by atoms with Crippen molar-refractivity contribution in [2.24, 2.45) is 0 Å². The van der Waals surface area contributed by atoms with Gasteiger partial charge < -0.3 is 0 Å². The summed E-state index contributed by atoms with van der Waals surface area (Å²) in [7, 11) is -1.31. The first-order chi connectivity index (χ1) is 8.70. The second-order valence-electron chi connectivity index (χ2n) is 3.98. The maximum Gasteiger partial charge on any atom is 0.178 e. The van der Waals surface area contributed by atoms with Crippen LogP contribution in [-0.2, 0) is 10.8 Å². The molecule has 2 nitrogen and oxygen atoms in total. The van der Waals surface area contributed by atoms with E-state index in [2.05, 4.69) is 0 Å². The minimum absolute atomic E-state index is 0.0854. The smallest absolute Gasteiger partial charge is 0.178 e. The van der Waals surface area contributed by atoms with E-state index in [1.165, 1.54) is 0 Å². The third-order valence-corrected chi connectivity index (χ3v) is 4.32. The first kappa shape index (κ1) is 12.7. The molecule has 0 aliphatic heterocycles. The van der Waals surface area contributed by atoms with Crippen molar-refractivity contribution in [1.29, 1.82) is 0 Å². The first-order valence-corrected chi connectivity index (χ1v) is 6.96. The van der Waals surface area contributed by atoms with Gasteiger partial charge in [-0.1, -0.05) is 48.5 Å². The molecule has 0 saturated heterocycles. The summed E-state index contributed by atoms with van der Waals surface area (Å²) in [5, 5.41) is -0.533. The standard InChI is InChI=1S/C15H14O2S/c1-12(15(16)13-8-4-2-5-9-13)18(17)14-10-6-3-7-11-14/h2-12H,1H3. The Hall–Kier alpha value is -1.74. The third kappa shape index (κ3) is 2.74. The van der Waals surface area contributed by atoms with Gasteiger partial charge in [0.15, 0.2) is 5.78 Å². The molecule has 0 fully saturated rings. The molecule has 0 amide bonds. The van der Waals surface area contributed by atoms with Crippen LogP contribution in [0.1, 0.15) is 17.3 Å². The van der Waals surface area contributed by atoms with Crippen LogP contribution in [0.5, 0.6) is 0 Å². The highest BCUT2D eigenvalue weighted by Gasteiger charge is 2.22. The van der Waals surface area contributed by atoms with E-state index in [0.717, 1.165) is 0 Å². The Morgan fingerprint density at radius 2 is 1.44 bits per heavy atom. The fourth-order valence-corrected chi connectivity index (χ4v) is 2.86. The molecular formula is C15H14O2S. The molecule has 0 radical (unpaired) electrons. The van der Waals surface area contributed by atoms with Crippen molar-refractivity contribution in [3.63, 3.8) is 0 Å². The first-order valence-electron chi connectivity index (χ1n) is 5.75. The van der Waals surface area contributed by atoms with Crippen molar-refractivity contribution in [3.05, 3.63) is 66.2 Å². The molecule has 3 heteroatoms. The van der Waals surface area contributed by atoms with E-state index in [9.17, 15) is 9.00 Å². The number of rotatable bonds is 4. The molecule has 0 saturated carbocycles. The molecule has 2 aromatic rings. The highest BCUT2D eigenvalue weighted by atomic mass is 32.2. The second kappa shape index (κ2) is 5.74. The molecule has 2 atom stereocenters. The summed E-state index contributed by atoms with van der Waals surface area (Å²) in [6.07, 6.45) is 0. The minimum Gasteiger partial charge on any atom is -0.293 e. The molecule has 0 aliphatic carbocycles. The Labute approximate surface area is 109 Å². The summed E-state index contributed by atoms with van der Waals surface area (Å²) in [6, 6.07) is 18.1. The lowest BCUT2D eigenvalue weighted by atomic mass is 10.1. The van der Waals surface area contributed by atoms with Crippen LogP contribution >= 0.6 is 0 Å². The topological polar surface area (TPSA) is 34.1 Å². The fraction of sp³-hybridized carbons (Fsp3) is 0.133. The number of ketones is 1. The highest BCUT2D eigenvalue weighted by molar-refractivity contribution is 7.86. The molecule has 0 aromatic heterocycles. The maximum atomic E-state index is 12.2. The highest BCUT2D eigenvalue weighted by Crippen LogP contribution is 2.15. The quantitative estimate of drug-likeness (QED) is 0.790. The zero-order valence-corrected chi connectivity index (χ0v) is 10.9. The Bertz CT molecular complexity index is 498. The van der Waals surface area contributed by atoms with Crippen molar-refractivity contribution in [2.75, 3.05) is 0 Å². The third-order valence-electron chi connectivity index (χ3n) is 2.72. The van der Waals surface area contributed by atoms with Gasteiger partial charge in [0, 0.05) is 10.5 Å². The van der Waals surface area contributed by atoms with Crippen LogP contribution < -0.4 is 0 Å². The number of hydrogen-bond acceptors (Lipinski definition) is 2. The van der Waals surface area contributed by atoms with Crippen LogP contribution in [0, 0.1) is 0 Å². The summed E-state index contributed by atoms with van der Waals surface area (Å²) in [4.78, 5) is 12.9. The van der Waals surface area contributed by atoms with E-state index in [4.69, 9.17) is 0 Å². The molecule has 2 aromatic carbocycles. The van der Waals surface area contributed by atoms with Gasteiger partial charge in [-0.2, -0.15) is 0 Å². The SMILES string of the molecule is CC(C(=O)c1ccccc1)S(=O)c1ccccc1. The van der Waals surface area contributed by atoms with Gasteiger partial charge in [0.25, 0.3) is 0 Å². The molecule has 92 valence electrons. The van der Waals surface area contributed by atoms with Crippen LogP contribution in [0.2, 0.25) is 0 Å². The van der Waals surface area contributed by atoms with Crippen molar-refractivity contribution in [3.8, 4) is 0 Å². The van der Waals surface area contributed by atoms with Gasteiger partial charge in [-0.3, -0.25) is 9.00 Å². The Morgan fingerprint density at radius 3 is 2.00 bits per heavy atom. The van der Waals surface area contributed by atoms with Crippen molar-refractivity contribution in [1.82, 2.24) is 0 Å². The van der Waals surface area contributed by atoms with E-state index in [1.807, 2.05) is 36.4 Å². The molecular weight excluding hydrogens is 244 g/mol. The largest absolute Gasteiger partial charge is 0.293 e. The summed E-state index contributed by atoms with van der Waals surface area (Å²) in [5.41, 5.74) is 0.606. The maximum absolute atomic E-state index is 12.2. The number of hydrogen-bond donors (Lipinski definition) is 0. The van der Waals surface area contributed by atoms with Gasteiger partial charge in [0.05, 0.1) is 16.0 Å². The minimum atomic E-state index is -1.31. The van der Waals surface area contributed by atoms with E-state index in [0.29, 0.717) is 10.5 Å². The van der Waals surface area contributed by atoms with Crippen molar-refractivity contribution >= 4 is 16.6 Å². The summed E-state index contributed by atoms with van der Waals surface area (Å²) < 4.78 is 12.2. The molecule has 0 bridgehead atoms. The molecule has 0 spiro atoms. The van der Waals surface area contributed by atoms with Crippen LogP contribution in [-0.4, -0.2) is 15.2 Å². The van der Waals surface area contributed by atoms with Gasteiger partial charge in [0.1, 0.15) is 0 Å². The van der Waals surface area contributed by atoms with Gasteiger partial charge in [-0.05, 0) is 19.1 Å². The van der Waals surface area contributed by atoms with Crippen LogP contribution in [0.15, 0.2) is 65.6 Å². The Kier molecular flexibility index (Phi) is 4.05. The number of Topliss-reactive ketones (excluding diaryl/α,β-unsaturated/α-hetero) is 1. The van der Waals surface area contributed by atoms with Crippen molar-refractivity contribution in [2.45, 2.75) is 17.1 Å².